The van der Waals surface area contributed by atoms with E-state index in [1.807, 2.05) is 31.2 Å². The lowest BCUT2D eigenvalue weighted by Gasteiger charge is -1.96. The average molecular weight is 217 g/mol. The molecule has 0 unspecified atom stereocenters. The van der Waals surface area contributed by atoms with Crippen molar-refractivity contribution in [2.75, 3.05) is 6.54 Å². The van der Waals surface area contributed by atoms with Gasteiger partial charge >= 0.3 is 0 Å². The number of hydrogen-bond acceptors (Lipinski definition) is 4. The number of hydrogen-bond donors (Lipinski definition) is 1. The van der Waals surface area contributed by atoms with Crippen LogP contribution in [0.2, 0.25) is 0 Å². The molecule has 5 nitrogen and oxygen atoms in total. The van der Waals surface area contributed by atoms with Crippen LogP contribution in [-0.2, 0) is 6.54 Å². The summed E-state index contributed by atoms with van der Waals surface area (Å²) in [6, 6.07) is 8.06. The molecule has 0 radical (unpaired) electrons. The van der Waals surface area contributed by atoms with Crippen LogP contribution in [0.3, 0.4) is 0 Å². The standard InChI is InChI=1S/C11H15N5/c1-9-4-2-5-10(8-9)11-13-15-16(14-11)7-3-6-12/h2,4-5,8H,3,6-7,12H2,1H3. The zero-order chi connectivity index (χ0) is 11.4. The molecule has 0 aliphatic heterocycles. The van der Waals surface area contributed by atoms with Gasteiger partial charge in [-0.05, 0) is 31.2 Å². The maximum absolute atomic E-state index is 5.42. The fourth-order valence-electron chi connectivity index (χ4n) is 1.47. The molecule has 0 saturated heterocycles. The summed E-state index contributed by atoms with van der Waals surface area (Å²) in [7, 11) is 0. The van der Waals surface area contributed by atoms with Crippen molar-refractivity contribution in [1.82, 2.24) is 20.2 Å². The maximum Gasteiger partial charge on any atom is 0.204 e. The van der Waals surface area contributed by atoms with Gasteiger partial charge in [-0.25, -0.2) is 0 Å². The highest BCUT2D eigenvalue weighted by molar-refractivity contribution is 5.54. The van der Waals surface area contributed by atoms with E-state index in [2.05, 4.69) is 15.4 Å². The molecular weight excluding hydrogens is 202 g/mol. The quantitative estimate of drug-likeness (QED) is 0.829. The zero-order valence-electron chi connectivity index (χ0n) is 9.30. The first-order valence-corrected chi connectivity index (χ1v) is 5.34. The molecule has 2 rings (SSSR count). The topological polar surface area (TPSA) is 69.6 Å². The Hall–Kier alpha value is -1.75. The van der Waals surface area contributed by atoms with E-state index in [9.17, 15) is 0 Å². The smallest absolute Gasteiger partial charge is 0.204 e. The number of nitrogens with two attached hydrogens (primary N) is 1. The Morgan fingerprint density at radius 3 is 3.00 bits per heavy atom. The van der Waals surface area contributed by atoms with Gasteiger partial charge in [0.05, 0.1) is 6.54 Å². The number of benzene rings is 1. The van der Waals surface area contributed by atoms with Crippen molar-refractivity contribution in [1.29, 1.82) is 0 Å². The SMILES string of the molecule is Cc1cccc(-c2nnn(CCCN)n2)c1. The molecule has 2 N–H and O–H groups in total. The molecule has 5 heteroatoms. The van der Waals surface area contributed by atoms with Crippen LogP contribution < -0.4 is 5.73 Å². The van der Waals surface area contributed by atoms with Crippen molar-refractivity contribution in [3.63, 3.8) is 0 Å². The van der Waals surface area contributed by atoms with E-state index in [0.29, 0.717) is 12.4 Å². The predicted molar refractivity (Wildman–Crippen MR) is 61.7 cm³/mol. The van der Waals surface area contributed by atoms with E-state index in [1.54, 1.807) is 4.80 Å². The third kappa shape index (κ3) is 2.43. The Morgan fingerprint density at radius 2 is 2.25 bits per heavy atom. The highest BCUT2D eigenvalue weighted by atomic mass is 15.6. The summed E-state index contributed by atoms with van der Waals surface area (Å²) < 4.78 is 0. The third-order valence-electron chi connectivity index (χ3n) is 2.29. The molecule has 1 heterocycles. The third-order valence-corrected chi connectivity index (χ3v) is 2.29. The Balaban J connectivity index is 2.18. The van der Waals surface area contributed by atoms with Crippen LogP contribution in [0.4, 0.5) is 0 Å². The van der Waals surface area contributed by atoms with Gasteiger partial charge in [0.1, 0.15) is 0 Å². The minimum Gasteiger partial charge on any atom is -0.330 e. The van der Waals surface area contributed by atoms with Crippen LogP contribution in [0.1, 0.15) is 12.0 Å². The first kappa shape index (κ1) is 10.8. The number of rotatable bonds is 4. The Labute approximate surface area is 94.3 Å². The highest BCUT2D eigenvalue weighted by Gasteiger charge is 2.05. The monoisotopic (exact) mass is 217 g/mol. The van der Waals surface area contributed by atoms with E-state index in [0.717, 1.165) is 18.5 Å². The van der Waals surface area contributed by atoms with Gasteiger partial charge in [-0.1, -0.05) is 23.8 Å². The molecule has 0 amide bonds. The summed E-state index contributed by atoms with van der Waals surface area (Å²) in [4.78, 5) is 1.59. The molecule has 2 aromatic rings. The first-order chi connectivity index (χ1) is 7.79. The van der Waals surface area contributed by atoms with E-state index in [1.165, 1.54) is 5.56 Å². The molecule has 0 saturated carbocycles. The van der Waals surface area contributed by atoms with Crippen molar-refractivity contribution in [3.05, 3.63) is 29.8 Å². The molecule has 84 valence electrons. The van der Waals surface area contributed by atoms with Crippen molar-refractivity contribution >= 4 is 0 Å². The second-order valence-corrected chi connectivity index (χ2v) is 3.72. The molecule has 0 atom stereocenters. The predicted octanol–water partition coefficient (Wildman–Crippen LogP) is 0.997. The minimum absolute atomic E-state index is 0.640. The van der Waals surface area contributed by atoms with Gasteiger partial charge < -0.3 is 5.73 Å². The van der Waals surface area contributed by atoms with Crippen LogP contribution in [0.15, 0.2) is 24.3 Å². The molecule has 0 bridgehead atoms. The molecule has 0 spiro atoms. The fourth-order valence-corrected chi connectivity index (χ4v) is 1.47. The lowest BCUT2D eigenvalue weighted by Crippen LogP contribution is -2.08. The van der Waals surface area contributed by atoms with Gasteiger partial charge in [-0.15, -0.1) is 10.2 Å². The molecule has 1 aromatic carbocycles. The Bertz CT molecular complexity index is 463. The van der Waals surface area contributed by atoms with Crippen LogP contribution in [0.25, 0.3) is 11.4 Å². The second-order valence-electron chi connectivity index (χ2n) is 3.72. The van der Waals surface area contributed by atoms with Crippen LogP contribution >= 0.6 is 0 Å². The Kier molecular flexibility index (Phi) is 3.26. The Morgan fingerprint density at radius 1 is 1.38 bits per heavy atom. The van der Waals surface area contributed by atoms with Gasteiger partial charge in [0.15, 0.2) is 0 Å². The van der Waals surface area contributed by atoms with E-state index >= 15 is 0 Å². The number of nitrogens with zero attached hydrogens (tertiary/aromatic N) is 4. The van der Waals surface area contributed by atoms with E-state index < -0.39 is 0 Å². The van der Waals surface area contributed by atoms with Gasteiger partial charge in [0, 0.05) is 5.56 Å². The van der Waals surface area contributed by atoms with Crippen LogP contribution in [0, 0.1) is 6.92 Å². The normalized spacial score (nSPS) is 10.6. The average Bonchev–Trinajstić information content (AvgIpc) is 2.75. The summed E-state index contributed by atoms with van der Waals surface area (Å²) in [5, 5.41) is 12.3. The molecule has 1 aromatic heterocycles. The lowest BCUT2D eigenvalue weighted by atomic mass is 10.1. The minimum atomic E-state index is 0.640. The number of aryl methyl sites for hydroxylation is 2. The van der Waals surface area contributed by atoms with Crippen molar-refractivity contribution in [2.45, 2.75) is 19.9 Å². The summed E-state index contributed by atoms with van der Waals surface area (Å²) in [5.74, 6) is 0.667. The highest BCUT2D eigenvalue weighted by Crippen LogP contribution is 2.14. The fraction of sp³-hybridized carbons (Fsp3) is 0.364. The van der Waals surface area contributed by atoms with Gasteiger partial charge in [0.25, 0.3) is 0 Å². The largest absolute Gasteiger partial charge is 0.330 e. The molecule has 0 aliphatic rings. The second kappa shape index (κ2) is 4.85. The summed E-state index contributed by atoms with van der Waals surface area (Å²) in [6.45, 7) is 3.40. The summed E-state index contributed by atoms with van der Waals surface area (Å²) >= 11 is 0. The zero-order valence-corrected chi connectivity index (χ0v) is 9.30. The van der Waals surface area contributed by atoms with Crippen molar-refractivity contribution in [2.24, 2.45) is 5.73 Å². The van der Waals surface area contributed by atoms with Gasteiger partial charge in [-0.3, -0.25) is 0 Å². The van der Waals surface area contributed by atoms with Crippen LogP contribution in [-0.4, -0.2) is 26.8 Å². The lowest BCUT2D eigenvalue weighted by molar-refractivity contribution is 0.504. The van der Waals surface area contributed by atoms with Gasteiger partial charge in [-0.2, -0.15) is 4.80 Å². The van der Waals surface area contributed by atoms with Crippen LogP contribution in [0.5, 0.6) is 0 Å². The van der Waals surface area contributed by atoms with Crippen molar-refractivity contribution < 1.29 is 0 Å². The molecule has 0 fully saturated rings. The summed E-state index contributed by atoms with van der Waals surface area (Å²) in [6.07, 6.45) is 0.865. The molecule has 16 heavy (non-hydrogen) atoms. The van der Waals surface area contributed by atoms with E-state index in [-0.39, 0.29) is 0 Å². The molecular formula is C11H15N5. The molecule has 0 aliphatic carbocycles. The number of tetrazole rings is 1. The maximum atomic E-state index is 5.42. The van der Waals surface area contributed by atoms with Gasteiger partial charge in [0.2, 0.25) is 5.82 Å². The number of aromatic nitrogens is 4. The first-order valence-electron chi connectivity index (χ1n) is 5.34. The summed E-state index contributed by atoms with van der Waals surface area (Å²) in [5.41, 5.74) is 7.61. The van der Waals surface area contributed by atoms with E-state index in [4.69, 9.17) is 5.73 Å². The van der Waals surface area contributed by atoms with Crippen molar-refractivity contribution in [3.8, 4) is 11.4 Å².